The minimum absolute atomic E-state index is 0.468. The Morgan fingerprint density at radius 1 is 1.41 bits per heavy atom. The lowest BCUT2D eigenvalue weighted by Crippen LogP contribution is -2.29. The molecule has 92 valence electrons. The lowest BCUT2D eigenvalue weighted by atomic mass is 10.1. The second-order valence-electron chi connectivity index (χ2n) is 4.65. The normalized spacial score (nSPS) is 17.9. The highest BCUT2D eigenvalue weighted by molar-refractivity contribution is 6.33. The van der Waals surface area contributed by atoms with Crippen molar-refractivity contribution in [2.24, 2.45) is 0 Å². The Hall–Kier alpha value is -0.990. The molecule has 0 radical (unpaired) electrons. The quantitative estimate of drug-likeness (QED) is 0.813. The maximum absolute atomic E-state index is 9.51. The fraction of sp³-hybridized carbons (Fsp3) is 0.429. The predicted molar refractivity (Wildman–Crippen MR) is 72.7 cm³/mol. The molecule has 0 unspecified atom stereocenters. The Balaban J connectivity index is 2.25. The average Bonchev–Trinajstić information content (AvgIpc) is 2.28. The van der Waals surface area contributed by atoms with E-state index < -0.39 is 6.10 Å². The van der Waals surface area contributed by atoms with Gasteiger partial charge in [-0.05, 0) is 38.0 Å². The standard InChI is InChI=1S/C14H18ClNO/c1-10-4-3-7-16(9-10)14-6-5-12(11(2)17)8-13(14)15/h4-6,8,11,17H,3,7,9H2,1-2H3/t11-/m1/s1. The number of benzene rings is 1. The molecular formula is C14H18ClNO. The van der Waals surface area contributed by atoms with Crippen molar-refractivity contribution in [3.8, 4) is 0 Å². The van der Waals surface area contributed by atoms with Crippen molar-refractivity contribution in [1.29, 1.82) is 0 Å². The maximum atomic E-state index is 9.51. The first-order valence-electron chi connectivity index (χ1n) is 5.96. The lowest BCUT2D eigenvalue weighted by molar-refractivity contribution is 0.199. The molecule has 0 fully saturated rings. The van der Waals surface area contributed by atoms with Crippen LogP contribution in [-0.4, -0.2) is 18.2 Å². The maximum Gasteiger partial charge on any atom is 0.0762 e. The topological polar surface area (TPSA) is 23.5 Å². The van der Waals surface area contributed by atoms with Crippen LogP contribution in [0.3, 0.4) is 0 Å². The molecule has 2 nitrogen and oxygen atoms in total. The first-order chi connectivity index (χ1) is 8.08. The van der Waals surface area contributed by atoms with Crippen LogP contribution >= 0.6 is 11.6 Å². The van der Waals surface area contributed by atoms with Crippen LogP contribution in [0.25, 0.3) is 0 Å². The zero-order valence-electron chi connectivity index (χ0n) is 10.3. The smallest absolute Gasteiger partial charge is 0.0762 e. The van der Waals surface area contributed by atoms with E-state index in [9.17, 15) is 5.11 Å². The summed E-state index contributed by atoms with van der Waals surface area (Å²) in [5, 5.41) is 10.2. The molecule has 0 aromatic heterocycles. The molecule has 0 bridgehead atoms. The van der Waals surface area contributed by atoms with Crippen molar-refractivity contribution < 1.29 is 5.11 Å². The van der Waals surface area contributed by atoms with E-state index in [0.717, 1.165) is 35.8 Å². The predicted octanol–water partition coefficient (Wildman–Crippen LogP) is 3.55. The summed E-state index contributed by atoms with van der Waals surface area (Å²) in [5.74, 6) is 0. The fourth-order valence-corrected chi connectivity index (χ4v) is 2.47. The van der Waals surface area contributed by atoms with Gasteiger partial charge in [0.05, 0.1) is 16.8 Å². The van der Waals surface area contributed by atoms with E-state index in [1.54, 1.807) is 6.92 Å². The number of hydrogen-bond donors (Lipinski definition) is 1. The number of hydrogen-bond acceptors (Lipinski definition) is 2. The van der Waals surface area contributed by atoms with Crippen LogP contribution in [-0.2, 0) is 0 Å². The van der Waals surface area contributed by atoms with Gasteiger partial charge in [-0.3, -0.25) is 0 Å². The Bertz CT molecular complexity index is 440. The summed E-state index contributed by atoms with van der Waals surface area (Å²) in [4.78, 5) is 2.28. The van der Waals surface area contributed by atoms with Crippen molar-refractivity contribution in [3.05, 3.63) is 40.4 Å². The van der Waals surface area contributed by atoms with Crippen molar-refractivity contribution in [3.63, 3.8) is 0 Å². The molecular weight excluding hydrogens is 234 g/mol. The van der Waals surface area contributed by atoms with Gasteiger partial charge in [0.2, 0.25) is 0 Å². The summed E-state index contributed by atoms with van der Waals surface area (Å²) >= 11 is 6.28. The van der Waals surface area contributed by atoms with Crippen LogP contribution in [0.15, 0.2) is 29.8 Å². The molecule has 0 saturated heterocycles. The van der Waals surface area contributed by atoms with E-state index in [4.69, 9.17) is 11.6 Å². The number of aliphatic hydroxyl groups excluding tert-OH is 1. The third-order valence-electron chi connectivity index (χ3n) is 3.13. The second kappa shape index (κ2) is 5.11. The Morgan fingerprint density at radius 3 is 2.76 bits per heavy atom. The number of nitrogens with zero attached hydrogens (tertiary/aromatic N) is 1. The molecule has 1 atom stereocenters. The van der Waals surface area contributed by atoms with Crippen molar-refractivity contribution >= 4 is 17.3 Å². The SMILES string of the molecule is CC1=CCCN(c2ccc([C@@H](C)O)cc2Cl)C1. The van der Waals surface area contributed by atoms with Crippen LogP contribution < -0.4 is 4.90 Å². The van der Waals surface area contributed by atoms with Gasteiger partial charge in [-0.2, -0.15) is 0 Å². The van der Waals surface area contributed by atoms with Crippen LogP contribution in [0.5, 0.6) is 0 Å². The van der Waals surface area contributed by atoms with Crippen LogP contribution in [0.2, 0.25) is 5.02 Å². The van der Waals surface area contributed by atoms with Crippen LogP contribution in [0.1, 0.15) is 31.9 Å². The summed E-state index contributed by atoms with van der Waals surface area (Å²) in [6.45, 7) is 5.84. The third-order valence-corrected chi connectivity index (χ3v) is 3.43. The molecule has 1 aromatic rings. The minimum atomic E-state index is -0.468. The number of halogens is 1. The molecule has 1 aliphatic rings. The second-order valence-corrected chi connectivity index (χ2v) is 5.05. The summed E-state index contributed by atoms with van der Waals surface area (Å²) in [6, 6.07) is 5.80. The largest absolute Gasteiger partial charge is 0.389 e. The van der Waals surface area contributed by atoms with Gasteiger partial charge >= 0.3 is 0 Å². The first kappa shape index (κ1) is 12.5. The lowest BCUT2D eigenvalue weighted by Gasteiger charge is -2.29. The Labute approximate surface area is 108 Å². The molecule has 1 heterocycles. The summed E-state index contributed by atoms with van der Waals surface area (Å²) in [7, 11) is 0. The van der Waals surface area contributed by atoms with Crippen molar-refractivity contribution in [2.45, 2.75) is 26.4 Å². The van der Waals surface area contributed by atoms with Gasteiger partial charge in [0.1, 0.15) is 0 Å². The van der Waals surface area contributed by atoms with Crippen LogP contribution in [0.4, 0.5) is 5.69 Å². The third kappa shape index (κ3) is 2.82. The molecule has 0 saturated carbocycles. The number of rotatable bonds is 2. The molecule has 1 aliphatic heterocycles. The van der Waals surface area contributed by atoms with Gasteiger partial charge in [0, 0.05) is 13.1 Å². The molecule has 17 heavy (non-hydrogen) atoms. The molecule has 1 N–H and O–H groups in total. The number of aliphatic hydroxyl groups is 1. The molecule has 0 spiro atoms. The van der Waals surface area contributed by atoms with Crippen molar-refractivity contribution in [2.75, 3.05) is 18.0 Å². The highest BCUT2D eigenvalue weighted by Crippen LogP contribution is 2.30. The minimum Gasteiger partial charge on any atom is -0.389 e. The monoisotopic (exact) mass is 251 g/mol. The number of anilines is 1. The van der Waals surface area contributed by atoms with E-state index >= 15 is 0 Å². The first-order valence-corrected chi connectivity index (χ1v) is 6.34. The molecule has 2 rings (SSSR count). The zero-order valence-corrected chi connectivity index (χ0v) is 11.0. The van der Waals surface area contributed by atoms with Gasteiger partial charge in [0.25, 0.3) is 0 Å². The van der Waals surface area contributed by atoms with Crippen LogP contribution in [0, 0.1) is 0 Å². The molecule has 0 aliphatic carbocycles. The van der Waals surface area contributed by atoms with E-state index in [1.807, 2.05) is 18.2 Å². The highest BCUT2D eigenvalue weighted by Gasteiger charge is 2.14. The van der Waals surface area contributed by atoms with Gasteiger partial charge in [-0.15, -0.1) is 0 Å². The van der Waals surface area contributed by atoms with E-state index in [-0.39, 0.29) is 0 Å². The Morgan fingerprint density at radius 2 is 2.18 bits per heavy atom. The summed E-state index contributed by atoms with van der Waals surface area (Å²) in [5.41, 5.74) is 3.30. The zero-order chi connectivity index (χ0) is 12.4. The summed E-state index contributed by atoms with van der Waals surface area (Å²) in [6.07, 6.45) is 2.87. The fourth-order valence-electron chi connectivity index (χ4n) is 2.16. The van der Waals surface area contributed by atoms with E-state index in [2.05, 4.69) is 17.9 Å². The highest BCUT2D eigenvalue weighted by atomic mass is 35.5. The molecule has 0 amide bonds. The average molecular weight is 252 g/mol. The van der Waals surface area contributed by atoms with Gasteiger partial charge in [0.15, 0.2) is 0 Å². The van der Waals surface area contributed by atoms with Gasteiger partial charge < -0.3 is 10.0 Å². The van der Waals surface area contributed by atoms with Crippen molar-refractivity contribution in [1.82, 2.24) is 0 Å². The van der Waals surface area contributed by atoms with E-state index in [0.29, 0.717) is 0 Å². The van der Waals surface area contributed by atoms with Gasteiger partial charge in [-0.25, -0.2) is 0 Å². The molecule has 1 aromatic carbocycles. The van der Waals surface area contributed by atoms with E-state index in [1.165, 1.54) is 5.57 Å². The Kier molecular flexibility index (Phi) is 3.75. The summed E-state index contributed by atoms with van der Waals surface area (Å²) < 4.78 is 0. The molecule has 3 heteroatoms. The van der Waals surface area contributed by atoms with Gasteiger partial charge in [-0.1, -0.05) is 29.3 Å².